The lowest BCUT2D eigenvalue weighted by Crippen LogP contribution is -2.19. The molecule has 0 aliphatic rings. The van der Waals surface area contributed by atoms with Crippen LogP contribution in [0.15, 0.2) is 36.4 Å². The summed E-state index contributed by atoms with van der Waals surface area (Å²) in [6, 6.07) is 8.24. The standard InChI is InChI=1S/C23H17F5S/c1-11-4-5-15-16-6-7-17(20(26)22(16)29-21(15)19(11)25)23(27,28)10-14-8-12(2)13(3)18(24)9-14/h4-9H,10H2,1-3H3. The number of hydrogen-bond donors (Lipinski definition) is 0. The number of alkyl halides is 2. The highest BCUT2D eigenvalue weighted by Crippen LogP contribution is 2.42. The van der Waals surface area contributed by atoms with Gasteiger partial charge in [-0.1, -0.05) is 24.3 Å². The van der Waals surface area contributed by atoms with Gasteiger partial charge in [-0.05, 0) is 55.2 Å². The van der Waals surface area contributed by atoms with Crippen LogP contribution in [0, 0.1) is 38.2 Å². The Labute approximate surface area is 168 Å². The maximum Gasteiger partial charge on any atom is 0.280 e. The third kappa shape index (κ3) is 3.19. The lowest BCUT2D eigenvalue weighted by Gasteiger charge is -2.19. The molecule has 0 aliphatic heterocycles. The zero-order valence-electron chi connectivity index (χ0n) is 16.0. The number of rotatable bonds is 3. The lowest BCUT2D eigenvalue weighted by atomic mass is 9.96. The molecule has 0 saturated carbocycles. The van der Waals surface area contributed by atoms with Crippen molar-refractivity contribution in [2.75, 3.05) is 0 Å². The number of hydrogen-bond acceptors (Lipinski definition) is 1. The van der Waals surface area contributed by atoms with Gasteiger partial charge in [0.05, 0.1) is 15.0 Å². The van der Waals surface area contributed by atoms with E-state index >= 15 is 4.39 Å². The second kappa shape index (κ2) is 6.80. The summed E-state index contributed by atoms with van der Waals surface area (Å²) in [5, 5.41) is 0.899. The summed E-state index contributed by atoms with van der Waals surface area (Å²) in [5.74, 6) is -5.64. The van der Waals surface area contributed by atoms with E-state index in [2.05, 4.69) is 0 Å². The van der Waals surface area contributed by atoms with Crippen LogP contribution in [0.4, 0.5) is 22.0 Å². The Hall–Kier alpha value is -2.47. The van der Waals surface area contributed by atoms with Gasteiger partial charge in [-0.25, -0.2) is 22.0 Å². The van der Waals surface area contributed by atoms with Crippen molar-refractivity contribution in [1.29, 1.82) is 0 Å². The Morgan fingerprint density at radius 1 is 0.793 bits per heavy atom. The maximum absolute atomic E-state index is 15.1. The van der Waals surface area contributed by atoms with E-state index in [0.717, 1.165) is 23.5 Å². The first-order valence-corrected chi connectivity index (χ1v) is 9.85. The van der Waals surface area contributed by atoms with E-state index in [9.17, 15) is 17.6 Å². The Kier molecular flexibility index (Phi) is 4.65. The molecule has 0 fully saturated rings. The summed E-state index contributed by atoms with van der Waals surface area (Å²) >= 11 is 0.829. The van der Waals surface area contributed by atoms with Crippen molar-refractivity contribution in [3.8, 4) is 0 Å². The largest absolute Gasteiger partial charge is 0.280 e. The first kappa shape index (κ1) is 19.8. The summed E-state index contributed by atoms with van der Waals surface area (Å²) in [5.41, 5.74) is 0.682. The molecule has 0 atom stereocenters. The highest BCUT2D eigenvalue weighted by atomic mass is 32.1. The van der Waals surface area contributed by atoms with Gasteiger partial charge in [-0.3, -0.25) is 0 Å². The van der Waals surface area contributed by atoms with E-state index < -0.39 is 35.4 Å². The second-order valence-electron chi connectivity index (χ2n) is 7.38. The molecular weight excluding hydrogens is 403 g/mol. The van der Waals surface area contributed by atoms with E-state index in [1.807, 2.05) is 0 Å². The van der Waals surface area contributed by atoms with Crippen molar-refractivity contribution in [1.82, 2.24) is 0 Å². The van der Waals surface area contributed by atoms with Gasteiger partial charge in [-0.15, -0.1) is 11.3 Å². The SMILES string of the molecule is Cc1cc(CC(F)(F)c2ccc3c(sc4c(F)c(C)ccc43)c2F)cc(F)c1C. The van der Waals surface area contributed by atoms with Gasteiger partial charge in [-0.2, -0.15) is 0 Å². The Morgan fingerprint density at radius 3 is 2.07 bits per heavy atom. The molecule has 29 heavy (non-hydrogen) atoms. The van der Waals surface area contributed by atoms with Crippen LogP contribution in [0.3, 0.4) is 0 Å². The zero-order valence-corrected chi connectivity index (χ0v) is 16.8. The van der Waals surface area contributed by atoms with Crippen LogP contribution in [-0.4, -0.2) is 0 Å². The Bertz CT molecular complexity index is 1250. The molecule has 0 spiro atoms. The fourth-order valence-corrected chi connectivity index (χ4v) is 4.79. The average molecular weight is 420 g/mol. The van der Waals surface area contributed by atoms with Gasteiger partial charge in [0.1, 0.15) is 17.5 Å². The van der Waals surface area contributed by atoms with Crippen molar-refractivity contribution in [3.63, 3.8) is 0 Å². The Balaban J connectivity index is 1.83. The van der Waals surface area contributed by atoms with Crippen LogP contribution < -0.4 is 0 Å². The number of thiophene rings is 1. The summed E-state index contributed by atoms with van der Waals surface area (Å²) in [7, 11) is 0. The summed E-state index contributed by atoms with van der Waals surface area (Å²) in [6.45, 7) is 4.81. The molecule has 0 aliphatic carbocycles. The molecule has 3 aromatic carbocycles. The summed E-state index contributed by atoms with van der Waals surface area (Å²) in [4.78, 5) is 0. The van der Waals surface area contributed by atoms with Crippen LogP contribution in [0.5, 0.6) is 0 Å². The number of fused-ring (bicyclic) bond motifs is 3. The highest BCUT2D eigenvalue weighted by molar-refractivity contribution is 7.25. The normalized spacial score (nSPS) is 12.3. The third-order valence-corrected chi connectivity index (χ3v) is 6.57. The molecule has 1 heterocycles. The van der Waals surface area contributed by atoms with Crippen molar-refractivity contribution in [2.24, 2.45) is 0 Å². The summed E-state index contributed by atoms with van der Waals surface area (Å²) < 4.78 is 73.6. The molecule has 4 aromatic rings. The van der Waals surface area contributed by atoms with Crippen molar-refractivity contribution < 1.29 is 22.0 Å². The quantitative estimate of drug-likeness (QED) is 0.298. The average Bonchev–Trinajstić information content (AvgIpc) is 3.03. The van der Waals surface area contributed by atoms with Crippen LogP contribution >= 0.6 is 11.3 Å². The molecule has 0 radical (unpaired) electrons. The van der Waals surface area contributed by atoms with Gasteiger partial charge in [0.25, 0.3) is 5.92 Å². The predicted octanol–water partition coefficient (Wildman–Crippen LogP) is 7.73. The molecule has 0 amide bonds. The maximum atomic E-state index is 15.1. The van der Waals surface area contributed by atoms with E-state index in [0.29, 0.717) is 27.5 Å². The fraction of sp³-hybridized carbons (Fsp3) is 0.217. The molecule has 0 nitrogen and oxygen atoms in total. The van der Waals surface area contributed by atoms with Crippen LogP contribution in [-0.2, 0) is 12.3 Å². The van der Waals surface area contributed by atoms with Gasteiger partial charge < -0.3 is 0 Å². The minimum absolute atomic E-state index is 0.00653. The molecule has 0 bridgehead atoms. The van der Waals surface area contributed by atoms with E-state index in [-0.39, 0.29) is 15.0 Å². The summed E-state index contributed by atoms with van der Waals surface area (Å²) in [6.07, 6.45) is -0.828. The topological polar surface area (TPSA) is 0 Å². The number of halogens is 5. The molecule has 1 aromatic heterocycles. The minimum atomic E-state index is -3.54. The molecule has 4 rings (SSSR count). The first-order valence-electron chi connectivity index (χ1n) is 9.04. The van der Waals surface area contributed by atoms with Crippen LogP contribution in [0.1, 0.15) is 27.8 Å². The third-order valence-electron chi connectivity index (χ3n) is 5.37. The first-order chi connectivity index (χ1) is 13.6. The minimum Gasteiger partial charge on any atom is -0.207 e. The van der Waals surface area contributed by atoms with Crippen LogP contribution in [0.25, 0.3) is 20.2 Å². The van der Waals surface area contributed by atoms with Crippen molar-refractivity contribution in [2.45, 2.75) is 33.1 Å². The van der Waals surface area contributed by atoms with Gasteiger partial charge in [0.2, 0.25) is 0 Å². The van der Waals surface area contributed by atoms with Crippen molar-refractivity contribution >= 4 is 31.5 Å². The molecule has 0 unspecified atom stereocenters. The molecule has 150 valence electrons. The molecular formula is C23H17F5S. The molecule has 6 heteroatoms. The zero-order chi connectivity index (χ0) is 21.1. The van der Waals surface area contributed by atoms with Crippen LogP contribution in [0.2, 0.25) is 0 Å². The van der Waals surface area contributed by atoms with Gasteiger partial charge >= 0.3 is 0 Å². The monoisotopic (exact) mass is 420 g/mol. The van der Waals surface area contributed by atoms with Crippen molar-refractivity contribution in [3.05, 3.63) is 81.7 Å². The predicted molar refractivity (Wildman–Crippen MR) is 107 cm³/mol. The van der Waals surface area contributed by atoms with Gasteiger partial charge in [0.15, 0.2) is 0 Å². The lowest BCUT2D eigenvalue weighted by molar-refractivity contribution is -0.00706. The molecule has 0 N–H and O–H groups in total. The van der Waals surface area contributed by atoms with E-state index in [1.54, 1.807) is 32.9 Å². The number of benzene rings is 3. The second-order valence-corrected chi connectivity index (χ2v) is 8.40. The fourth-order valence-electron chi connectivity index (χ4n) is 3.56. The van der Waals surface area contributed by atoms with E-state index in [1.165, 1.54) is 12.1 Å². The smallest absolute Gasteiger partial charge is 0.207 e. The van der Waals surface area contributed by atoms with E-state index in [4.69, 9.17) is 0 Å². The number of aryl methyl sites for hydroxylation is 2. The highest BCUT2D eigenvalue weighted by Gasteiger charge is 2.36. The van der Waals surface area contributed by atoms with Gasteiger partial charge in [0, 0.05) is 17.2 Å². The Morgan fingerprint density at radius 2 is 1.41 bits per heavy atom. The molecule has 0 saturated heterocycles.